The molecule has 4 rings (SSSR count). The predicted octanol–water partition coefficient (Wildman–Crippen LogP) is 3.51. The van der Waals surface area contributed by atoms with Gasteiger partial charge in [-0.1, -0.05) is 60.7 Å². The highest BCUT2D eigenvalue weighted by Crippen LogP contribution is 2.24. The van der Waals surface area contributed by atoms with Crippen LogP contribution < -0.4 is 10.2 Å². The van der Waals surface area contributed by atoms with Crippen molar-refractivity contribution in [3.05, 3.63) is 83.9 Å². The Balaban J connectivity index is 1.82. The lowest BCUT2D eigenvalue weighted by Crippen LogP contribution is -2.54. The van der Waals surface area contributed by atoms with Crippen LogP contribution in [0.15, 0.2) is 78.4 Å². The molecule has 0 spiro atoms. The summed E-state index contributed by atoms with van der Waals surface area (Å²) in [6.07, 6.45) is 1.53. The highest BCUT2D eigenvalue weighted by atomic mass is 16.2. The fourth-order valence-electron chi connectivity index (χ4n) is 3.00. The zero-order chi connectivity index (χ0) is 18.1. The van der Waals surface area contributed by atoms with Gasteiger partial charge >= 0.3 is 6.03 Å². The van der Waals surface area contributed by atoms with Gasteiger partial charge in [-0.3, -0.25) is 14.9 Å². The molecule has 5 nitrogen and oxygen atoms in total. The normalized spacial score (nSPS) is 16.2. The number of para-hydroxylation sites is 1. The number of barbiturate groups is 1. The van der Waals surface area contributed by atoms with Crippen molar-refractivity contribution in [3.8, 4) is 0 Å². The Hall–Kier alpha value is -3.73. The number of amides is 4. The SMILES string of the molecule is O=C1NC(=O)N(c2ccccc2)C(=O)/C1=C/c1cccc2ccccc12. The van der Waals surface area contributed by atoms with E-state index in [1.54, 1.807) is 30.3 Å². The van der Waals surface area contributed by atoms with Gasteiger partial charge in [-0.15, -0.1) is 0 Å². The summed E-state index contributed by atoms with van der Waals surface area (Å²) in [6, 6.07) is 21.1. The summed E-state index contributed by atoms with van der Waals surface area (Å²) in [6.45, 7) is 0. The Morgan fingerprint density at radius 2 is 1.46 bits per heavy atom. The van der Waals surface area contributed by atoms with E-state index < -0.39 is 17.8 Å². The van der Waals surface area contributed by atoms with E-state index >= 15 is 0 Å². The van der Waals surface area contributed by atoms with Crippen molar-refractivity contribution in [2.75, 3.05) is 4.90 Å². The number of benzene rings is 3. The standard InChI is InChI=1S/C21H14N2O3/c24-19-18(13-15-9-6-8-14-7-4-5-12-17(14)15)20(25)23(21(26)22-19)16-10-2-1-3-11-16/h1-13H,(H,22,24,26)/b18-13+. The summed E-state index contributed by atoms with van der Waals surface area (Å²) in [5.74, 6) is -1.34. The average Bonchev–Trinajstić information content (AvgIpc) is 2.66. The second kappa shape index (κ2) is 6.29. The maximum atomic E-state index is 12.9. The Morgan fingerprint density at radius 3 is 2.27 bits per heavy atom. The molecule has 0 aromatic heterocycles. The van der Waals surface area contributed by atoms with Crippen LogP contribution in [-0.2, 0) is 9.59 Å². The summed E-state index contributed by atoms with van der Waals surface area (Å²) in [4.78, 5) is 38.3. The van der Waals surface area contributed by atoms with Crippen molar-refractivity contribution >= 4 is 40.4 Å². The molecule has 0 atom stereocenters. The van der Waals surface area contributed by atoms with Gasteiger partial charge in [0.2, 0.25) is 0 Å². The first-order valence-corrected chi connectivity index (χ1v) is 8.09. The first kappa shape index (κ1) is 15.8. The van der Waals surface area contributed by atoms with E-state index in [1.165, 1.54) is 6.08 Å². The van der Waals surface area contributed by atoms with E-state index in [0.717, 1.165) is 21.2 Å². The topological polar surface area (TPSA) is 66.5 Å². The maximum absolute atomic E-state index is 12.9. The molecule has 1 N–H and O–H groups in total. The Bertz CT molecular complexity index is 1070. The van der Waals surface area contributed by atoms with Crippen LogP contribution in [0.25, 0.3) is 16.8 Å². The number of carbonyl (C=O) groups excluding carboxylic acids is 3. The summed E-state index contributed by atoms with van der Waals surface area (Å²) in [7, 11) is 0. The third-order valence-corrected chi connectivity index (χ3v) is 4.24. The highest BCUT2D eigenvalue weighted by molar-refractivity contribution is 6.39. The summed E-state index contributed by atoms with van der Waals surface area (Å²) >= 11 is 0. The Morgan fingerprint density at radius 1 is 0.769 bits per heavy atom. The molecular weight excluding hydrogens is 328 g/mol. The molecule has 5 heteroatoms. The molecule has 3 aromatic carbocycles. The maximum Gasteiger partial charge on any atom is 0.335 e. The minimum atomic E-state index is -0.749. The molecule has 126 valence electrons. The van der Waals surface area contributed by atoms with Gasteiger partial charge in [0.1, 0.15) is 5.57 Å². The van der Waals surface area contributed by atoms with Crippen molar-refractivity contribution in [3.63, 3.8) is 0 Å². The van der Waals surface area contributed by atoms with Gasteiger partial charge in [-0.25, -0.2) is 9.69 Å². The van der Waals surface area contributed by atoms with Gasteiger partial charge < -0.3 is 0 Å². The molecule has 26 heavy (non-hydrogen) atoms. The molecule has 1 aliphatic heterocycles. The quantitative estimate of drug-likeness (QED) is 0.572. The minimum Gasteiger partial charge on any atom is -0.273 e. The van der Waals surface area contributed by atoms with Gasteiger partial charge in [0.05, 0.1) is 5.69 Å². The molecular formula is C21H14N2O3. The van der Waals surface area contributed by atoms with Crippen molar-refractivity contribution in [2.45, 2.75) is 0 Å². The van der Waals surface area contributed by atoms with E-state index in [1.807, 2.05) is 42.5 Å². The van der Waals surface area contributed by atoms with Crippen molar-refractivity contribution in [2.24, 2.45) is 0 Å². The number of nitrogens with zero attached hydrogens (tertiary/aromatic N) is 1. The number of nitrogens with one attached hydrogen (secondary N) is 1. The van der Waals surface area contributed by atoms with Gasteiger partial charge in [0.25, 0.3) is 11.8 Å². The van der Waals surface area contributed by atoms with Crippen LogP contribution >= 0.6 is 0 Å². The Kier molecular flexibility index (Phi) is 3.82. The van der Waals surface area contributed by atoms with Gasteiger partial charge in [-0.2, -0.15) is 0 Å². The highest BCUT2D eigenvalue weighted by Gasteiger charge is 2.36. The molecule has 0 aliphatic carbocycles. The molecule has 0 saturated carbocycles. The molecule has 4 amide bonds. The number of fused-ring (bicyclic) bond motifs is 1. The molecule has 1 heterocycles. The van der Waals surface area contributed by atoms with Gasteiger partial charge in [0, 0.05) is 0 Å². The smallest absolute Gasteiger partial charge is 0.273 e. The van der Waals surface area contributed by atoms with Crippen molar-refractivity contribution < 1.29 is 14.4 Å². The van der Waals surface area contributed by atoms with E-state index in [9.17, 15) is 14.4 Å². The van der Waals surface area contributed by atoms with Crippen molar-refractivity contribution in [1.29, 1.82) is 0 Å². The molecule has 0 bridgehead atoms. The van der Waals surface area contributed by atoms with Crippen LogP contribution in [-0.4, -0.2) is 17.8 Å². The lowest BCUT2D eigenvalue weighted by Gasteiger charge is -2.26. The van der Waals surface area contributed by atoms with Crippen LogP contribution in [0, 0.1) is 0 Å². The predicted molar refractivity (Wildman–Crippen MR) is 99.4 cm³/mol. The molecule has 0 radical (unpaired) electrons. The minimum absolute atomic E-state index is 0.0789. The fourth-order valence-corrected chi connectivity index (χ4v) is 3.00. The van der Waals surface area contributed by atoms with Crippen LogP contribution in [0.3, 0.4) is 0 Å². The van der Waals surface area contributed by atoms with Crippen LogP contribution in [0.5, 0.6) is 0 Å². The first-order valence-electron chi connectivity index (χ1n) is 8.09. The summed E-state index contributed by atoms with van der Waals surface area (Å²) < 4.78 is 0. The summed E-state index contributed by atoms with van der Waals surface area (Å²) in [5.41, 5.74) is 1.07. The molecule has 1 saturated heterocycles. The molecule has 0 unspecified atom stereocenters. The van der Waals surface area contributed by atoms with E-state index in [0.29, 0.717) is 5.69 Å². The van der Waals surface area contributed by atoms with Gasteiger partial charge in [-0.05, 0) is 34.5 Å². The van der Waals surface area contributed by atoms with Crippen LogP contribution in [0.4, 0.5) is 10.5 Å². The molecule has 3 aromatic rings. The zero-order valence-electron chi connectivity index (χ0n) is 13.7. The van der Waals surface area contributed by atoms with Gasteiger partial charge in [0.15, 0.2) is 0 Å². The third kappa shape index (κ3) is 2.65. The number of carbonyl (C=O) groups is 3. The number of anilines is 1. The number of rotatable bonds is 2. The number of hydrogen-bond acceptors (Lipinski definition) is 3. The number of hydrogen-bond donors (Lipinski definition) is 1. The number of imide groups is 2. The zero-order valence-corrected chi connectivity index (χ0v) is 13.7. The lowest BCUT2D eigenvalue weighted by molar-refractivity contribution is -0.122. The van der Waals surface area contributed by atoms with E-state index in [-0.39, 0.29) is 5.57 Å². The third-order valence-electron chi connectivity index (χ3n) is 4.24. The molecule has 1 aliphatic rings. The average molecular weight is 342 g/mol. The first-order chi connectivity index (χ1) is 12.6. The largest absolute Gasteiger partial charge is 0.335 e. The monoisotopic (exact) mass is 342 g/mol. The summed E-state index contributed by atoms with van der Waals surface area (Å²) in [5, 5.41) is 4.16. The van der Waals surface area contributed by atoms with E-state index in [4.69, 9.17) is 0 Å². The van der Waals surface area contributed by atoms with Crippen LogP contribution in [0.2, 0.25) is 0 Å². The van der Waals surface area contributed by atoms with E-state index in [2.05, 4.69) is 5.32 Å². The second-order valence-electron chi connectivity index (χ2n) is 5.86. The lowest BCUT2D eigenvalue weighted by atomic mass is 10.0. The Labute approximate surface area is 149 Å². The second-order valence-corrected chi connectivity index (χ2v) is 5.86. The number of urea groups is 1. The van der Waals surface area contributed by atoms with Crippen molar-refractivity contribution in [1.82, 2.24) is 5.32 Å². The van der Waals surface area contributed by atoms with Crippen LogP contribution in [0.1, 0.15) is 5.56 Å². The molecule has 1 fully saturated rings. The fraction of sp³-hybridized carbons (Fsp3) is 0.